The van der Waals surface area contributed by atoms with Gasteiger partial charge in [-0.2, -0.15) is 0 Å². The van der Waals surface area contributed by atoms with E-state index in [1.54, 1.807) is 0 Å². The van der Waals surface area contributed by atoms with Crippen molar-refractivity contribution in [2.75, 3.05) is 0 Å². The van der Waals surface area contributed by atoms with E-state index in [0.29, 0.717) is 0 Å². The monoisotopic (exact) mass is 410 g/mol. The van der Waals surface area contributed by atoms with Crippen LogP contribution in [0.5, 0.6) is 0 Å². The van der Waals surface area contributed by atoms with Crippen molar-refractivity contribution in [3.8, 4) is 0 Å². The molecule has 0 N–H and O–H groups in total. The first-order valence-electron chi connectivity index (χ1n) is 10.7. The van der Waals surface area contributed by atoms with Crippen LogP contribution in [0.3, 0.4) is 0 Å². The number of hydrogen-bond acceptors (Lipinski definition) is 4. The lowest BCUT2D eigenvalue weighted by Crippen LogP contribution is -1.80. The Labute approximate surface area is 177 Å². The van der Waals surface area contributed by atoms with Gasteiger partial charge in [-0.1, -0.05) is 24.3 Å². The molecule has 0 aliphatic heterocycles. The van der Waals surface area contributed by atoms with E-state index in [1.165, 1.54) is 0 Å². The van der Waals surface area contributed by atoms with Crippen LogP contribution in [0.1, 0.15) is 0 Å². The summed E-state index contributed by atoms with van der Waals surface area (Å²) in [4.78, 5) is 0. The Morgan fingerprint density at radius 2 is 0.625 bits per heavy atom. The quantitative estimate of drug-likeness (QED) is 0.251. The largest absolute Gasteiger partial charge is 0.456 e. The number of fused-ring (bicyclic) bond motifs is 3. The lowest BCUT2D eigenvalue weighted by Gasteiger charge is -2.04. The molecule has 146 valence electrons. The number of benzene rings is 5. The first-order chi connectivity index (χ1) is 15.9. The van der Waals surface area contributed by atoms with E-state index in [0.717, 1.165) is 98.5 Å². The smallest absolute Gasteiger partial charge is 0.144 e. The van der Waals surface area contributed by atoms with Crippen LogP contribution in [0.2, 0.25) is 0 Å². The van der Waals surface area contributed by atoms with Gasteiger partial charge in [-0.15, -0.1) is 0 Å². The highest BCUT2D eigenvalue weighted by Gasteiger charge is 2.29. The van der Waals surface area contributed by atoms with Crippen molar-refractivity contribution in [1.82, 2.24) is 0 Å². The second kappa shape index (κ2) is 4.30. The summed E-state index contributed by atoms with van der Waals surface area (Å²) in [6, 6.07) is 20.4. The van der Waals surface area contributed by atoms with Gasteiger partial charge < -0.3 is 17.7 Å². The molecular formula is C28H10O4. The molecule has 4 nitrogen and oxygen atoms in total. The summed E-state index contributed by atoms with van der Waals surface area (Å²) in [6.45, 7) is 0. The third-order valence-electron chi connectivity index (χ3n) is 7.37. The molecule has 4 aromatic heterocycles. The van der Waals surface area contributed by atoms with Crippen molar-refractivity contribution in [1.29, 1.82) is 0 Å². The molecule has 0 saturated heterocycles. The Morgan fingerprint density at radius 3 is 1.00 bits per heavy atom. The maximum absolute atomic E-state index is 6.57. The Kier molecular flexibility index (Phi) is 1.95. The van der Waals surface area contributed by atoms with Crippen LogP contribution in [-0.2, 0) is 0 Å². The summed E-state index contributed by atoms with van der Waals surface area (Å²) in [7, 11) is 0. The summed E-state index contributed by atoms with van der Waals surface area (Å²) < 4.78 is 25.8. The van der Waals surface area contributed by atoms with E-state index >= 15 is 0 Å². The first-order valence-corrected chi connectivity index (χ1v) is 10.7. The highest BCUT2D eigenvalue weighted by atomic mass is 16.3. The van der Waals surface area contributed by atoms with Gasteiger partial charge in [-0.05, 0) is 36.4 Å². The van der Waals surface area contributed by atoms with Crippen LogP contribution in [0.4, 0.5) is 0 Å². The average molecular weight is 410 g/mol. The third-order valence-corrected chi connectivity index (χ3v) is 7.37. The Balaban J connectivity index is 1.81. The minimum Gasteiger partial charge on any atom is -0.456 e. The van der Waals surface area contributed by atoms with Gasteiger partial charge in [0.05, 0.1) is 0 Å². The van der Waals surface area contributed by atoms with Gasteiger partial charge in [0.1, 0.15) is 44.7 Å². The summed E-state index contributed by atoms with van der Waals surface area (Å²) in [5.41, 5.74) is 6.94. The van der Waals surface area contributed by atoms with Crippen LogP contribution in [0, 0.1) is 0 Å². The fourth-order valence-electron chi connectivity index (χ4n) is 6.21. The van der Waals surface area contributed by atoms with Crippen LogP contribution >= 0.6 is 0 Å². The van der Waals surface area contributed by atoms with Crippen molar-refractivity contribution in [2.45, 2.75) is 0 Å². The van der Waals surface area contributed by atoms with E-state index in [2.05, 4.69) is 12.1 Å². The maximum Gasteiger partial charge on any atom is 0.144 e. The molecule has 0 fully saturated rings. The average Bonchev–Trinajstić information content (AvgIpc) is 3.54. The second-order valence-electron chi connectivity index (χ2n) is 8.80. The summed E-state index contributed by atoms with van der Waals surface area (Å²) in [5, 5.41) is 10.8. The maximum atomic E-state index is 6.57. The predicted molar refractivity (Wildman–Crippen MR) is 127 cm³/mol. The minimum absolute atomic E-state index is 0.859. The van der Waals surface area contributed by atoms with E-state index in [1.807, 2.05) is 48.5 Å². The highest BCUT2D eigenvalue weighted by molar-refractivity contribution is 6.46. The molecule has 6 aromatic carbocycles. The third kappa shape index (κ3) is 1.28. The molecule has 0 unspecified atom stereocenters. The van der Waals surface area contributed by atoms with E-state index in [9.17, 15) is 0 Å². The molecule has 10 aromatic rings. The van der Waals surface area contributed by atoms with Crippen LogP contribution in [0.15, 0.2) is 78.3 Å². The Morgan fingerprint density at radius 1 is 0.312 bits per heavy atom. The fourth-order valence-corrected chi connectivity index (χ4v) is 6.21. The molecule has 10 rings (SSSR count). The molecule has 32 heavy (non-hydrogen) atoms. The molecule has 0 bridgehead atoms. The fraction of sp³-hybridized carbons (Fsp3) is 0. The van der Waals surface area contributed by atoms with Crippen molar-refractivity contribution in [2.24, 2.45) is 0 Å². The summed E-state index contributed by atoms with van der Waals surface area (Å²) in [6.07, 6.45) is 0. The van der Waals surface area contributed by atoms with Gasteiger partial charge in [0.25, 0.3) is 0 Å². The molecule has 0 aliphatic carbocycles. The highest BCUT2D eigenvalue weighted by Crippen LogP contribution is 2.53. The zero-order chi connectivity index (χ0) is 20.3. The first kappa shape index (κ1) is 14.5. The minimum atomic E-state index is 0.859. The molecule has 0 radical (unpaired) electrons. The van der Waals surface area contributed by atoms with Gasteiger partial charge in [-0.25, -0.2) is 0 Å². The zero-order valence-corrected chi connectivity index (χ0v) is 16.4. The predicted octanol–water partition coefficient (Wildman–Crippen LogP) is 8.75. The second-order valence-corrected chi connectivity index (χ2v) is 8.80. The topological polar surface area (TPSA) is 52.6 Å². The van der Waals surface area contributed by atoms with E-state index in [4.69, 9.17) is 17.7 Å². The lowest BCUT2D eigenvalue weighted by atomic mass is 9.93. The van der Waals surface area contributed by atoms with Gasteiger partial charge in [0.2, 0.25) is 0 Å². The molecular weight excluding hydrogens is 400 g/mol. The molecule has 0 atom stereocenters. The molecule has 0 spiro atoms. The van der Waals surface area contributed by atoms with Crippen molar-refractivity contribution < 1.29 is 17.7 Å². The van der Waals surface area contributed by atoms with E-state index in [-0.39, 0.29) is 0 Å². The molecule has 4 heterocycles. The van der Waals surface area contributed by atoms with Gasteiger partial charge in [0, 0.05) is 53.9 Å². The number of furan rings is 4. The summed E-state index contributed by atoms with van der Waals surface area (Å²) >= 11 is 0. The van der Waals surface area contributed by atoms with Crippen LogP contribution in [0.25, 0.3) is 98.5 Å². The number of hydrogen-bond donors (Lipinski definition) is 0. The van der Waals surface area contributed by atoms with Crippen LogP contribution < -0.4 is 0 Å². The number of rotatable bonds is 0. The summed E-state index contributed by atoms with van der Waals surface area (Å²) in [5.74, 6) is 0. The SMILES string of the molecule is c1ccc2c(c1)c1oc3ccc4oc5ccc6oc7ccc8oc2c2c8c7c6c5c4c3c12. The molecule has 0 amide bonds. The zero-order valence-electron chi connectivity index (χ0n) is 16.4. The van der Waals surface area contributed by atoms with Crippen molar-refractivity contribution >= 4 is 98.5 Å². The Hall–Kier alpha value is -4.44. The molecule has 4 heteroatoms. The van der Waals surface area contributed by atoms with Crippen molar-refractivity contribution in [3.63, 3.8) is 0 Å². The standard InChI is InChI=1S/C28H10O4/c1-2-4-12-11(3-1)27-25-23-17(31-27)9-7-15-21(23)19-13(29-15)5-6-14-20(19)22-16(30-14)8-10-18-24(22)26(25)28(12)32-18/h1-10H. The van der Waals surface area contributed by atoms with Gasteiger partial charge in [-0.3, -0.25) is 0 Å². The molecule has 0 aliphatic rings. The van der Waals surface area contributed by atoms with Gasteiger partial charge in [0.15, 0.2) is 0 Å². The lowest BCUT2D eigenvalue weighted by molar-refractivity contribution is 0.659. The van der Waals surface area contributed by atoms with Crippen LogP contribution in [-0.4, -0.2) is 0 Å². The van der Waals surface area contributed by atoms with E-state index < -0.39 is 0 Å². The Bertz CT molecular complexity index is 2180. The van der Waals surface area contributed by atoms with Crippen molar-refractivity contribution in [3.05, 3.63) is 60.7 Å². The molecule has 0 saturated carbocycles. The normalized spacial score (nSPS) is 13.6. The van der Waals surface area contributed by atoms with Gasteiger partial charge >= 0.3 is 0 Å².